The van der Waals surface area contributed by atoms with Gasteiger partial charge in [-0.05, 0) is 0 Å². The summed E-state index contributed by atoms with van der Waals surface area (Å²) in [5.41, 5.74) is 0. The summed E-state index contributed by atoms with van der Waals surface area (Å²) in [4.78, 5) is 0. The molecule has 1 fully saturated rings. The highest BCUT2D eigenvalue weighted by atomic mass is 32.1. The van der Waals surface area contributed by atoms with Crippen LogP contribution in [0.25, 0.3) is 0 Å². The third-order valence-electron chi connectivity index (χ3n) is 1.11. The maximum Gasteiger partial charge on any atom is 0.175 e. The highest BCUT2D eigenvalue weighted by Crippen LogP contribution is 2.21. The standard InChI is InChI=1S/C4H5N3OS/c9-3-1-7(6-5-3)4-2-8-4/h1,4,9H,2H2. The van der Waals surface area contributed by atoms with Crippen molar-refractivity contribution in [1.29, 1.82) is 0 Å². The van der Waals surface area contributed by atoms with Gasteiger partial charge in [0, 0.05) is 0 Å². The lowest BCUT2D eigenvalue weighted by atomic mass is 10.7. The van der Waals surface area contributed by atoms with E-state index in [4.69, 9.17) is 4.74 Å². The van der Waals surface area contributed by atoms with Crippen LogP contribution in [0.2, 0.25) is 0 Å². The molecule has 0 N–H and O–H groups in total. The van der Waals surface area contributed by atoms with E-state index in [1.807, 2.05) is 0 Å². The molecule has 1 atom stereocenters. The minimum absolute atomic E-state index is 0.124. The van der Waals surface area contributed by atoms with Gasteiger partial charge in [0.15, 0.2) is 6.23 Å². The fourth-order valence-corrected chi connectivity index (χ4v) is 0.762. The second-order valence-corrected chi connectivity index (χ2v) is 2.30. The van der Waals surface area contributed by atoms with Crippen LogP contribution >= 0.6 is 12.6 Å². The van der Waals surface area contributed by atoms with E-state index in [1.165, 1.54) is 0 Å². The zero-order chi connectivity index (χ0) is 6.27. The Morgan fingerprint density at radius 1 is 1.89 bits per heavy atom. The van der Waals surface area contributed by atoms with E-state index in [2.05, 4.69) is 22.9 Å². The van der Waals surface area contributed by atoms with Crippen molar-refractivity contribution in [2.75, 3.05) is 6.61 Å². The fourth-order valence-electron chi connectivity index (χ4n) is 0.604. The van der Waals surface area contributed by atoms with E-state index in [9.17, 15) is 0 Å². The molecule has 2 rings (SSSR count). The number of nitrogens with zero attached hydrogens (tertiary/aromatic N) is 3. The van der Waals surface area contributed by atoms with Crippen LogP contribution in [0, 0.1) is 0 Å². The van der Waals surface area contributed by atoms with Crippen LogP contribution in [0.1, 0.15) is 6.23 Å². The summed E-state index contributed by atoms with van der Waals surface area (Å²) in [6.07, 6.45) is 1.86. The lowest BCUT2D eigenvalue weighted by Gasteiger charge is -1.85. The number of aromatic nitrogens is 3. The van der Waals surface area contributed by atoms with Gasteiger partial charge in [0.05, 0.1) is 12.8 Å². The quantitative estimate of drug-likeness (QED) is 0.447. The Hall–Kier alpha value is -0.550. The maximum atomic E-state index is 4.93. The van der Waals surface area contributed by atoms with Crippen LogP contribution < -0.4 is 0 Å². The molecule has 48 valence electrons. The van der Waals surface area contributed by atoms with E-state index in [0.717, 1.165) is 6.61 Å². The maximum absolute atomic E-state index is 4.93. The molecule has 1 unspecified atom stereocenters. The van der Waals surface area contributed by atoms with Gasteiger partial charge in [-0.25, -0.2) is 4.68 Å². The third-order valence-corrected chi connectivity index (χ3v) is 1.31. The molecule has 5 heteroatoms. The lowest BCUT2D eigenvalue weighted by molar-refractivity contribution is 0.332. The molecule has 0 radical (unpaired) electrons. The summed E-state index contributed by atoms with van der Waals surface area (Å²) in [5.74, 6) is 0. The SMILES string of the molecule is Sc1cn(C2CO2)nn1. The molecule has 1 aliphatic heterocycles. The van der Waals surface area contributed by atoms with E-state index in [1.54, 1.807) is 10.9 Å². The number of hydrogen-bond acceptors (Lipinski definition) is 4. The summed E-state index contributed by atoms with van der Waals surface area (Å²) in [7, 11) is 0. The largest absolute Gasteiger partial charge is 0.349 e. The Kier molecular flexibility index (Phi) is 1.000. The van der Waals surface area contributed by atoms with Crippen LogP contribution in [-0.2, 0) is 4.74 Å². The first-order chi connectivity index (χ1) is 4.36. The first-order valence-electron chi connectivity index (χ1n) is 2.58. The molecular weight excluding hydrogens is 138 g/mol. The summed E-state index contributed by atoms with van der Waals surface area (Å²) in [5, 5.41) is 8.05. The first-order valence-corrected chi connectivity index (χ1v) is 3.03. The Bertz CT molecular complexity index is 219. The number of rotatable bonds is 1. The van der Waals surface area contributed by atoms with Crippen molar-refractivity contribution in [2.24, 2.45) is 0 Å². The highest BCUT2D eigenvalue weighted by molar-refractivity contribution is 7.80. The average Bonchev–Trinajstić information content (AvgIpc) is 2.58. The molecule has 0 amide bonds. The topological polar surface area (TPSA) is 43.2 Å². The molecular formula is C4H5N3OS. The molecule has 0 bridgehead atoms. The van der Waals surface area contributed by atoms with Gasteiger partial charge < -0.3 is 4.74 Å². The molecule has 4 nitrogen and oxygen atoms in total. The molecule has 1 aromatic rings. The van der Waals surface area contributed by atoms with Gasteiger partial charge in [0.25, 0.3) is 0 Å². The number of ether oxygens (including phenoxy) is 1. The molecule has 0 aliphatic carbocycles. The smallest absolute Gasteiger partial charge is 0.175 e. The van der Waals surface area contributed by atoms with Crippen molar-refractivity contribution in [3.63, 3.8) is 0 Å². The van der Waals surface area contributed by atoms with Crippen molar-refractivity contribution in [2.45, 2.75) is 11.3 Å². The van der Waals surface area contributed by atoms with Crippen LogP contribution in [0.15, 0.2) is 11.2 Å². The van der Waals surface area contributed by atoms with Gasteiger partial charge in [-0.3, -0.25) is 0 Å². The van der Waals surface area contributed by atoms with E-state index < -0.39 is 0 Å². The Labute approximate surface area is 57.2 Å². The predicted molar refractivity (Wildman–Crippen MR) is 32.3 cm³/mol. The van der Waals surface area contributed by atoms with E-state index in [0.29, 0.717) is 5.03 Å². The predicted octanol–water partition coefficient (Wildman–Crippen LogP) is 0.0956. The Morgan fingerprint density at radius 3 is 3.11 bits per heavy atom. The van der Waals surface area contributed by atoms with Crippen LogP contribution in [-0.4, -0.2) is 21.6 Å². The van der Waals surface area contributed by atoms with Gasteiger partial charge >= 0.3 is 0 Å². The average molecular weight is 143 g/mol. The van der Waals surface area contributed by atoms with E-state index in [-0.39, 0.29) is 6.23 Å². The van der Waals surface area contributed by atoms with Crippen molar-refractivity contribution >= 4 is 12.6 Å². The molecule has 2 heterocycles. The third kappa shape index (κ3) is 0.927. The first kappa shape index (κ1) is 5.25. The van der Waals surface area contributed by atoms with Crippen molar-refractivity contribution in [1.82, 2.24) is 15.0 Å². The minimum Gasteiger partial charge on any atom is -0.349 e. The number of thiol groups is 1. The second kappa shape index (κ2) is 1.71. The normalized spacial score (nSPS) is 24.3. The Morgan fingerprint density at radius 2 is 2.67 bits per heavy atom. The zero-order valence-electron chi connectivity index (χ0n) is 4.56. The van der Waals surface area contributed by atoms with E-state index >= 15 is 0 Å². The summed E-state index contributed by atoms with van der Waals surface area (Å²) in [6, 6.07) is 0. The van der Waals surface area contributed by atoms with Crippen molar-refractivity contribution in [3.8, 4) is 0 Å². The van der Waals surface area contributed by atoms with Crippen LogP contribution in [0.4, 0.5) is 0 Å². The van der Waals surface area contributed by atoms with Crippen LogP contribution in [0.3, 0.4) is 0 Å². The number of epoxide rings is 1. The van der Waals surface area contributed by atoms with Gasteiger partial charge in [-0.1, -0.05) is 5.21 Å². The minimum atomic E-state index is 0.124. The fraction of sp³-hybridized carbons (Fsp3) is 0.500. The molecule has 0 spiro atoms. The molecule has 0 aromatic carbocycles. The second-order valence-electron chi connectivity index (χ2n) is 1.84. The lowest BCUT2D eigenvalue weighted by Crippen LogP contribution is -1.94. The zero-order valence-corrected chi connectivity index (χ0v) is 5.45. The highest BCUT2D eigenvalue weighted by Gasteiger charge is 2.25. The molecule has 9 heavy (non-hydrogen) atoms. The summed E-state index contributed by atoms with van der Waals surface area (Å²) in [6.45, 7) is 0.747. The Balaban J connectivity index is 2.28. The van der Waals surface area contributed by atoms with Gasteiger partial charge in [0.2, 0.25) is 0 Å². The molecule has 0 saturated carbocycles. The number of hydrogen-bond donors (Lipinski definition) is 1. The monoisotopic (exact) mass is 143 g/mol. The van der Waals surface area contributed by atoms with Gasteiger partial charge in [-0.15, -0.1) is 17.7 Å². The van der Waals surface area contributed by atoms with Crippen LogP contribution in [0.5, 0.6) is 0 Å². The van der Waals surface area contributed by atoms with Gasteiger partial charge in [-0.2, -0.15) is 0 Å². The molecule has 1 aliphatic rings. The van der Waals surface area contributed by atoms with Crippen molar-refractivity contribution < 1.29 is 4.74 Å². The molecule has 1 saturated heterocycles. The van der Waals surface area contributed by atoms with Crippen molar-refractivity contribution in [3.05, 3.63) is 6.20 Å². The summed E-state index contributed by atoms with van der Waals surface area (Å²) < 4.78 is 6.59. The van der Waals surface area contributed by atoms with Gasteiger partial charge in [0.1, 0.15) is 5.03 Å². The summed E-state index contributed by atoms with van der Waals surface area (Å²) >= 11 is 3.98. The molecule has 1 aromatic heterocycles.